The van der Waals surface area contributed by atoms with Crippen LogP contribution in [0, 0.1) is 0 Å². The van der Waals surface area contributed by atoms with Crippen molar-refractivity contribution >= 4 is 5.96 Å². The predicted octanol–water partition coefficient (Wildman–Crippen LogP) is 2.67. The molecular weight excluding hydrogens is 302 g/mol. The van der Waals surface area contributed by atoms with Gasteiger partial charge in [0.25, 0.3) is 0 Å². The first-order chi connectivity index (χ1) is 11.7. The fourth-order valence-corrected chi connectivity index (χ4v) is 3.67. The van der Waals surface area contributed by atoms with E-state index in [0.717, 1.165) is 31.1 Å². The molecule has 0 saturated carbocycles. The molecule has 5 nitrogen and oxygen atoms in total. The molecule has 4 atom stereocenters. The Morgan fingerprint density at radius 2 is 2.12 bits per heavy atom. The van der Waals surface area contributed by atoms with Crippen LogP contribution in [0.5, 0.6) is 5.75 Å². The van der Waals surface area contributed by atoms with Crippen molar-refractivity contribution in [1.29, 1.82) is 0 Å². The summed E-state index contributed by atoms with van der Waals surface area (Å²) in [6, 6.07) is 8.74. The average Bonchev–Trinajstić information content (AvgIpc) is 3.23. The maximum atomic E-state index is 5.89. The van der Waals surface area contributed by atoms with Crippen LogP contribution in [-0.4, -0.2) is 44.9 Å². The molecule has 0 aromatic heterocycles. The number of hydrogen-bond donors (Lipinski definition) is 2. The summed E-state index contributed by atoms with van der Waals surface area (Å²) in [7, 11) is 3.53. The number of ether oxygens (including phenoxy) is 2. The third kappa shape index (κ3) is 4.01. The van der Waals surface area contributed by atoms with E-state index in [4.69, 9.17) is 9.47 Å². The first-order valence-electron chi connectivity index (χ1n) is 8.96. The molecule has 2 saturated heterocycles. The fraction of sp³-hybridized carbons (Fsp3) is 0.632. The molecule has 2 aliphatic heterocycles. The van der Waals surface area contributed by atoms with Gasteiger partial charge in [-0.1, -0.05) is 19.1 Å². The van der Waals surface area contributed by atoms with Crippen LogP contribution < -0.4 is 15.4 Å². The zero-order chi connectivity index (χ0) is 16.9. The van der Waals surface area contributed by atoms with Crippen molar-refractivity contribution in [2.75, 3.05) is 20.7 Å². The first-order valence-corrected chi connectivity index (χ1v) is 8.96. The lowest BCUT2D eigenvalue weighted by molar-refractivity contribution is 0.0992. The second-order valence-electron chi connectivity index (χ2n) is 6.82. The Bertz CT molecular complexity index is 558. The SMILES string of the molecule is CN=C(NCCC(C)c1ccc(OC)cc1)NC1CC2CCC1O2. The second-order valence-corrected chi connectivity index (χ2v) is 6.82. The van der Waals surface area contributed by atoms with Crippen LogP contribution in [0.15, 0.2) is 29.3 Å². The van der Waals surface area contributed by atoms with Gasteiger partial charge in [-0.2, -0.15) is 0 Å². The minimum atomic E-state index is 0.367. The molecule has 4 unspecified atom stereocenters. The highest BCUT2D eigenvalue weighted by molar-refractivity contribution is 5.80. The van der Waals surface area contributed by atoms with Gasteiger partial charge in [-0.3, -0.25) is 4.99 Å². The van der Waals surface area contributed by atoms with Gasteiger partial charge in [0.05, 0.1) is 25.4 Å². The number of methoxy groups -OCH3 is 1. The highest BCUT2D eigenvalue weighted by atomic mass is 16.5. The van der Waals surface area contributed by atoms with Crippen LogP contribution in [0.2, 0.25) is 0 Å². The summed E-state index contributed by atoms with van der Waals surface area (Å²) in [4.78, 5) is 4.35. The molecule has 0 aliphatic carbocycles. The van der Waals surface area contributed by atoms with Gasteiger partial charge in [-0.25, -0.2) is 0 Å². The quantitative estimate of drug-likeness (QED) is 0.622. The summed E-state index contributed by atoms with van der Waals surface area (Å²) in [5.41, 5.74) is 1.34. The summed E-state index contributed by atoms with van der Waals surface area (Å²) in [5, 5.41) is 6.96. The normalized spacial score (nSPS) is 27.1. The van der Waals surface area contributed by atoms with E-state index in [2.05, 4.69) is 34.7 Å². The molecule has 2 N–H and O–H groups in total. The fourth-order valence-electron chi connectivity index (χ4n) is 3.67. The molecule has 132 valence electrons. The van der Waals surface area contributed by atoms with Crippen molar-refractivity contribution < 1.29 is 9.47 Å². The van der Waals surface area contributed by atoms with Crippen LogP contribution in [-0.2, 0) is 4.74 Å². The average molecular weight is 331 g/mol. The van der Waals surface area contributed by atoms with Gasteiger partial charge in [-0.15, -0.1) is 0 Å². The topological polar surface area (TPSA) is 54.9 Å². The number of fused-ring (bicyclic) bond motifs is 2. The van der Waals surface area contributed by atoms with Gasteiger partial charge in [0.15, 0.2) is 5.96 Å². The number of nitrogens with one attached hydrogen (secondary N) is 2. The summed E-state index contributed by atoms with van der Waals surface area (Å²) in [6.07, 6.45) is 5.38. The molecule has 5 heteroatoms. The van der Waals surface area contributed by atoms with E-state index in [1.54, 1.807) is 7.11 Å². The van der Waals surface area contributed by atoms with Crippen molar-refractivity contribution in [1.82, 2.24) is 10.6 Å². The minimum absolute atomic E-state index is 0.367. The van der Waals surface area contributed by atoms with E-state index in [9.17, 15) is 0 Å². The van der Waals surface area contributed by atoms with Crippen molar-refractivity contribution in [2.24, 2.45) is 4.99 Å². The third-order valence-electron chi connectivity index (χ3n) is 5.21. The minimum Gasteiger partial charge on any atom is -0.497 e. The summed E-state index contributed by atoms with van der Waals surface area (Å²) >= 11 is 0. The van der Waals surface area contributed by atoms with Gasteiger partial charge < -0.3 is 20.1 Å². The molecule has 2 bridgehead atoms. The molecule has 24 heavy (non-hydrogen) atoms. The van der Waals surface area contributed by atoms with Gasteiger partial charge in [0.1, 0.15) is 5.75 Å². The van der Waals surface area contributed by atoms with Gasteiger partial charge in [0.2, 0.25) is 0 Å². The molecule has 1 aromatic carbocycles. The van der Waals surface area contributed by atoms with E-state index < -0.39 is 0 Å². The standard InChI is InChI=1S/C19H29N3O2/c1-13(14-4-6-15(23-3)7-5-14)10-11-21-19(20-2)22-17-12-16-8-9-18(17)24-16/h4-7,13,16-18H,8-12H2,1-3H3,(H2,20,21,22). The van der Waals surface area contributed by atoms with Crippen LogP contribution in [0.3, 0.4) is 0 Å². The summed E-state index contributed by atoms with van der Waals surface area (Å²) < 4.78 is 11.1. The van der Waals surface area contributed by atoms with Crippen molar-refractivity contribution in [3.05, 3.63) is 29.8 Å². The number of hydrogen-bond acceptors (Lipinski definition) is 3. The van der Waals surface area contributed by atoms with Gasteiger partial charge in [0, 0.05) is 13.6 Å². The van der Waals surface area contributed by atoms with E-state index in [1.807, 2.05) is 19.2 Å². The smallest absolute Gasteiger partial charge is 0.191 e. The molecule has 1 aromatic rings. The van der Waals surface area contributed by atoms with E-state index in [-0.39, 0.29) is 0 Å². The molecule has 0 amide bonds. The zero-order valence-corrected chi connectivity index (χ0v) is 14.9. The summed E-state index contributed by atoms with van der Waals surface area (Å²) in [6.45, 7) is 3.15. The Labute approximate surface area is 144 Å². The number of benzene rings is 1. The molecule has 2 aliphatic rings. The number of guanidine groups is 1. The highest BCUT2D eigenvalue weighted by Gasteiger charge is 2.41. The van der Waals surface area contributed by atoms with Gasteiger partial charge in [-0.05, 0) is 49.3 Å². The Morgan fingerprint density at radius 3 is 2.71 bits per heavy atom. The molecule has 0 spiro atoms. The van der Waals surface area contributed by atoms with Crippen molar-refractivity contribution in [3.63, 3.8) is 0 Å². The largest absolute Gasteiger partial charge is 0.497 e. The number of aliphatic imine (C=N–C) groups is 1. The molecule has 2 heterocycles. The Hall–Kier alpha value is -1.75. The molecule has 2 fully saturated rings. The lowest BCUT2D eigenvalue weighted by Gasteiger charge is -2.23. The Morgan fingerprint density at radius 1 is 1.33 bits per heavy atom. The van der Waals surface area contributed by atoms with E-state index in [1.165, 1.54) is 18.4 Å². The monoisotopic (exact) mass is 331 g/mol. The predicted molar refractivity (Wildman–Crippen MR) is 96.8 cm³/mol. The van der Waals surface area contributed by atoms with E-state index >= 15 is 0 Å². The number of nitrogens with zero attached hydrogens (tertiary/aromatic N) is 1. The highest BCUT2D eigenvalue weighted by Crippen LogP contribution is 2.34. The van der Waals surface area contributed by atoms with Gasteiger partial charge >= 0.3 is 0 Å². The first kappa shape index (κ1) is 17.1. The number of rotatable bonds is 6. The van der Waals surface area contributed by atoms with Crippen molar-refractivity contribution in [3.8, 4) is 5.75 Å². The lowest BCUT2D eigenvalue weighted by atomic mass is 9.95. The Kier molecular flexibility index (Phi) is 5.61. The zero-order valence-electron chi connectivity index (χ0n) is 14.9. The van der Waals surface area contributed by atoms with E-state index in [0.29, 0.717) is 24.2 Å². The molecular formula is C19H29N3O2. The molecule has 0 radical (unpaired) electrons. The summed E-state index contributed by atoms with van der Waals surface area (Å²) in [5.74, 6) is 2.28. The lowest BCUT2D eigenvalue weighted by Crippen LogP contribution is -2.47. The third-order valence-corrected chi connectivity index (χ3v) is 5.21. The Balaban J connectivity index is 1.42. The van der Waals surface area contributed by atoms with Crippen LogP contribution in [0.25, 0.3) is 0 Å². The molecule has 3 rings (SSSR count). The van der Waals surface area contributed by atoms with Crippen LogP contribution in [0.1, 0.15) is 44.1 Å². The maximum Gasteiger partial charge on any atom is 0.191 e. The van der Waals surface area contributed by atoms with Crippen LogP contribution in [0.4, 0.5) is 0 Å². The van der Waals surface area contributed by atoms with Crippen molar-refractivity contribution in [2.45, 2.75) is 56.8 Å². The second kappa shape index (κ2) is 7.88. The van der Waals surface area contributed by atoms with Crippen LogP contribution >= 0.6 is 0 Å². The maximum absolute atomic E-state index is 5.89.